The van der Waals surface area contributed by atoms with Gasteiger partial charge in [-0.15, -0.1) is 11.3 Å². The molecule has 2 N–H and O–H groups in total. The molecule has 3 nitrogen and oxygen atoms in total. The van der Waals surface area contributed by atoms with Crippen molar-refractivity contribution in [3.8, 4) is 16.3 Å². The van der Waals surface area contributed by atoms with E-state index in [-0.39, 0.29) is 11.8 Å². The zero-order valence-electron chi connectivity index (χ0n) is 11.0. The van der Waals surface area contributed by atoms with Crippen molar-refractivity contribution in [3.63, 3.8) is 0 Å². The van der Waals surface area contributed by atoms with E-state index < -0.39 is 5.82 Å². The Hall–Kier alpha value is -1.46. The van der Waals surface area contributed by atoms with Gasteiger partial charge in [-0.3, -0.25) is 0 Å². The van der Waals surface area contributed by atoms with E-state index in [1.54, 1.807) is 6.07 Å². The number of thiazole rings is 1. The van der Waals surface area contributed by atoms with Gasteiger partial charge in [0.05, 0.1) is 5.69 Å². The third-order valence-corrected chi connectivity index (χ3v) is 3.77. The first-order chi connectivity index (χ1) is 9.11. The topological polar surface area (TPSA) is 45.1 Å². The van der Waals surface area contributed by atoms with Crippen LogP contribution in [0.3, 0.4) is 0 Å². The van der Waals surface area contributed by atoms with E-state index in [2.05, 4.69) is 24.1 Å². The Labute approximate surface area is 116 Å². The summed E-state index contributed by atoms with van der Waals surface area (Å²) in [5.41, 5.74) is 1.65. The molecule has 5 heteroatoms. The van der Waals surface area contributed by atoms with Crippen molar-refractivity contribution in [3.05, 3.63) is 35.1 Å². The normalized spacial score (nSPS) is 12.6. The van der Waals surface area contributed by atoms with Crippen molar-refractivity contribution < 1.29 is 9.50 Å². The first-order valence-electron chi connectivity index (χ1n) is 6.29. The Morgan fingerprint density at radius 1 is 1.47 bits per heavy atom. The number of aromatic nitrogens is 1. The molecule has 1 unspecified atom stereocenters. The van der Waals surface area contributed by atoms with Crippen molar-refractivity contribution >= 4 is 11.3 Å². The molecule has 1 aromatic heterocycles. The summed E-state index contributed by atoms with van der Waals surface area (Å²) in [6, 6.07) is 4.52. The minimum absolute atomic E-state index is 0.187. The van der Waals surface area contributed by atoms with E-state index in [9.17, 15) is 9.50 Å². The number of hydrogen-bond donors (Lipinski definition) is 2. The molecule has 0 saturated heterocycles. The van der Waals surface area contributed by atoms with Crippen molar-refractivity contribution in [2.75, 3.05) is 6.54 Å². The number of phenols is 1. The number of nitrogens with one attached hydrogen (secondary N) is 1. The summed E-state index contributed by atoms with van der Waals surface area (Å²) in [4.78, 5) is 4.51. The largest absolute Gasteiger partial charge is 0.505 e. The van der Waals surface area contributed by atoms with Gasteiger partial charge in [-0.05, 0) is 38.1 Å². The summed E-state index contributed by atoms with van der Waals surface area (Å²) >= 11 is 1.48. The average molecular weight is 280 g/mol. The fraction of sp³-hybridized carbons (Fsp3) is 0.357. The van der Waals surface area contributed by atoms with Crippen LogP contribution in [0.1, 0.15) is 32.0 Å². The lowest BCUT2D eigenvalue weighted by Crippen LogP contribution is -2.19. The molecule has 1 aromatic carbocycles. The van der Waals surface area contributed by atoms with Gasteiger partial charge in [0.15, 0.2) is 11.6 Å². The van der Waals surface area contributed by atoms with Gasteiger partial charge in [-0.25, -0.2) is 9.37 Å². The summed E-state index contributed by atoms with van der Waals surface area (Å²) in [6.45, 7) is 5.12. The lowest BCUT2D eigenvalue weighted by molar-refractivity contribution is 0.432. The van der Waals surface area contributed by atoms with Crippen LogP contribution in [0, 0.1) is 5.82 Å². The lowest BCUT2D eigenvalue weighted by atomic mass is 10.2. The van der Waals surface area contributed by atoms with Gasteiger partial charge in [-0.1, -0.05) is 6.92 Å². The molecule has 0 saturated carbocycles. The molecule has 0 aliphatic carbocycles. The molecule has 0 spiro atoms. The Morgan fingerprint density at radius 2 is 2.26 bits per heavy atom. The Bertz CT molecular complexity index is 556. The molecule has 1 atom stereocenters. The number of hydrogen-bond acceptors (Lipinski definition) is 4. The molecule has 102 valence electrons. The molecular weight excluding hydrogens is 263 g/mol. The van der Waals surface area contributed by atoms with E-state index in [1.807, 2.05) is 5.38 Å². The molecule has 0 aliphatic heterocycles. The van der Waals surface area contributed by atoms with Gasteiger partial charge in [0.2, 0.25) is 0 Å². The maximum absolute atomic E-state index is 13.3. The van der Waals surface area contributed by atoms with Gasteiger partial charge in [0, 0.05) is 17.0 Å². The second kappa shape index (κ2) is 6.12. The molecule has 0 fully saturated rings. The lowest BCUT2D eigenvalue weighted by Gasteiger charge is -2.09. The van der Waals surface area contributed by atoms with Crippen LogP contribution in [0.25, 0.3) is 10.6 Å². The van der Waals surface area contributed by atoms with Gasteiger partial charge in [0.1, 0.15) is 5.01 Å². The zero-order chi connectivity index (χ0) is 13.8. The van der Waals surface area contributed by atoms with Crippen LogP contribution < -0.4 is 5.32 Å². The number of phenolic OH excluding ortho intramolecular Hbond substituents is 1. The van der Waals surface area contributed by atoms with Crippen LogP contribution in [0.15, 0.2) is 23.6 Å². The molecule has 2 aromatic rings. The predicted octanol–water partition coefficient (Wildman–Crippen LogP) is 3.72. The standard InChI is InChI=1S/C14H17FN2OS/c1-3-6-16-9(2)12-8-19-14(17-12)10-4-5-13(18)11(15)7-10/h4-5,7-9,16,18H,3,6H2,1-2H3. The predicted molar refractivity (Wildman–Crippen MR) is 75.9 cm³/mol. The number of nitrogens with zero attached hydrogens (tertiary/aromatic N) is 1. The number of aromatic hydroxyl groups is 1. The van der Waals surface area contributed by atoms with E-state index in [0.29, 0.717) is 5.56 Å². The summed E-state index contributed by atoms with van der Waals surface area (Å²) in [5, 5.41) is 15.3. The quantitative estimate of drug-likeness (QED) is 0.877. The van der Waals surface area contributed by atoms with Crippen LogP contribution in [0.2, 0.25) is 0 Å². The molecule has 0 bridgehead atoms. The van der Waals surface area contributed by atoms with Crippen LogP contribution in [-0.4, -0.2) is 16.6 Å². The highest BCUT2D eigenvalue weighted by atomic mass is 32.1. The Kier molecular flexibility index (Phi) is 4.50. The number of halogens is 1. The van der Waals surface area contributed by atoms with E-state index in [1.165, 1.54) is 23.5 Å². The van der Waals surface area contributed by atoms with Gasteiger partial charge >= 0.3 is 0 Å². The van der Waals surface area contributed by atoms with E-state index in [4.69, 9.17) is 0 Å². The highest BCUT2D eigenvalue weighted by molar-refractivity contribution is 7.13. The minimum atomic E-state index is -0.619. The van der Waals surface area contributed by atoms with Gasteiger partial charge in [-0.2, -0.15) is 0 Å². The SMILES string of the molecule is CCCNC(C)c1csc(-c2ccc(O)c(F)c2)n1. The average Bonchev–Trinajstić information content (AvgIpc) is 2.89. The van der Waals surface area contributed by atoms with Crippen LogP contribution in [0.4, 0.5) is 4.39 Å². The Balaban J connectivity index is 2.18. The maximum atomic E-state index is 13.3. The van der Waals surface area contributed by atoms with E-state index in [0.717, 1.165) is 23.7 Å². The summed E-state index contributed by atoms with van der Waals surface area (Å²) in [5.74, 6) is -0.954. The third-order valence-electron chi connectivity index (χ3n) is 2.86. The van der Waals surface area contributed by atoms with Gasteiger partial charge in [0.25, 0.3) is 0 Å². The summed E-state index contributed by atoms with van der Waals surface area (Å²) in [6.07, 6.45) is 1.07. The first kappa shape index (κ1) is 14.0. The third kappa shape index (κ3) is 3.30. The van der Waals surface area contributed by atoms with Crippen LogP contribution >= 0.6 is 11.3 Å². The van der Waals surface area contributed by atoms with Crippen molar-refractivity contribution in [2.45, 2.75) is 26.3 Å². The molecule has 2 rings (SSSR count). The zero-order valence-corrected chi connectivity index (χ0v) is 11.8. The summed E-state index contributed by atoms with van der Waals surface area (Å²) in [7, 11) is 0. The van der Waals surface area contributed by atoms with Crippen molar-refractivity contribution in [1.82, 2.24) is 10.3 Å². The molecule has 0 aliphatic rings. The second-order valence-electron chi connectivity index (χ2n) is 4.42. The number of rotatable bonds is 5. The maximum Gasteiger partial charge on any atom is 0.165 e. The molecule has 19 heavy (non-hydrogen) atoms. The molecular formula is C14H17FN2OS. The summed E-state index contributed by atoms with van der Waals surface area (Å²) < 4.78 is 13.3. The fourth-order valence-electron chi connectivity index (χ4n) is 1.72. The molecule has 1 heterocycles. The highest BCUT2D eigenvalue weighted by Gasteiger charge is 2.11. The second-order valence-corrected chi connectivity index (χ2v) is 5.28. The highest BCUT2D eigenvalue weighted by Crippen LogP contribution is 2.29. The fourth-order valence-corrected chi connectivity index (χ4v) is 2.63. The Morgan fingerprint density at radius 3 is 2.95 bits per heavy atom. The van der Waals surface area contributed by atoms with Crippen LogP contribution in [-0.2, 0) is 0 Å². The first-order valence-corrected chi connectivity index (χ1v) is 7.17. The van der Waals surface area contributed by atoms with E-state index >= 15 is 0 Å². The number of benzene rings is 1. The monoisotopic (exact) mass is 280 g/mol. The van der Waals surface area contributed by atoms with Crippen LogP contribution in [0.5, 0.6) is 5.75 Å². The smallest absolute Gasteiger partial charge is 0.165 e. The minimum Gasteiger partial charge on any atom is -0.505 e. The van der Waals surface area contributed by atoms with Crippen molar-refractivity contribution in [2.24, 2.45) is 0 Å². The molecule has 0 amide bonds. The van der Waals surface area contributed by atoms with Crippen molar-refractivity contribution in [1.29, 1.82) is 0 Å². The van der Waals surface area contributed by atoms with Gasteiger partial charge < -0.3 is 10.4 Å². The molecule has 0 radical (unpaired) electrons.